The second-order valence-corrected chi connectivity index (χ2v) is 5.28. The molecule has 3 nitrogen and oxygen atoms in total. The van der Waals surface area contributed by atoms with Gasteiger partial charge in [-0.15, -0.1) is 0 Å². The van der Waals surface area contributed by atoms with Crippen LogP contribution in [-0.4, -0.2) is 25.8 Å². The van der Waals surface area contributed by atoms with Gasteiger partial charge in [-0.3, -0.25) is 0 Å². The predicted molar refractivity (Wildman–Crippen MR) is 76.0 cm³/mol. The molecule has 0 saturated carbocycles. The molecule has 1 saturated heterocycles. The molecule has 0 amide bonds. The minimum Gasteiger partial charge on any atom is -0.377 e. The highest BCUT2D eigenvalue weighted by Crippen LogP contribution is 2.31. The average molecular weight is 266 g/mol. The number of nitrogens with two attached hydrogens (primary N) is 1. The van der Waals surface area contributed by atoms with Crippen LogP contribution in [0.15, 0.2) is 12.1 Å². The summed E-state index contributed by atoms with van der Waals surface area (Å²) in [7, 11) is 0. The van der Waals surface area contributed by atoms with E-state index in [2.05, 4.69) is 11.8 Å². The molecular weight excluding hydrogens is 243 g/mol. The summed E-state index contributed by atoms with van der Waals surface area (Å²) in [5.74, 6) is -0.183. The van der Waals surface area contributed by atoms with Crippen LogP contribution in [0, 0.1) is 12.7 Å². The van der Waals surface area contributed by atoms with Crippen LogP contribution in [0.4, 0.5) is 10.1 Å². The average Bonchev–Trinajstić information content (AvgIpc) is 2.41. The molecule has 0 bridgehead atoms. The topological polar surface area (TPSA) is 38.5 Å². The molecule has 0 aromatic heterocycles. The van der Waals surface area contributed by atoms with Crippen LogP contribution in [0.25, 0.3) is 0 Å². The molecule has 2 atom stereocenters. The Morgan fingerprint density at radius 3 is 2.89 bits per heavy atom. The van der Waals surface area contributed by atoms with E-state index in [1.165, 1.54) is 0 Å². The first-order chi connectivity index (χ1) is 9.04. The van der Waals surface area contributed by atoms with Crippen LogP contribution in [0.3, 0.4) is 0 Å². The Kier molecular flexibility index (Phi) is 4.42. The monoisotopic (exact) mass is 266 g/mol. The number of hydrogen-bond donors (Lipinski definition) is 1. The summed E-state index contributed by atoms with van der Waals surface area (Å²) < 4.78 is 19.3. The van der Waals surface area contributed by atoms with Crippen molar-refractivity contribution in [1.82, 2.24) is 0 Å². The lowest BCUT2D eigenvalue weighted by Gasteiger charge is -2.38. The van der Waals surface area contributed by atoms with Crippen molar-refractivity contribution in [3.05, 3.63) is 29.1 Å². The van der Waals surface area contributed by atoms with Gasteiger partial charge < -0.3 is 15.4 Å². The van der Waals surface area contributed by atoms with E-state index in [1.54, 1.807) is 13.0 Å². The molecule has 0 radical (unpaired) electrons. The van der Waals surface area contributed by atoms with Gasteiger partial charge in [0.1, 0.15) is 5.82 Å². The maximum Gasteiger partial charge on any atom is 0.126 e. The largest absolute Gasteiger partial charge is 0.377 e. The molecule has 19 heavy (non-hydrogen) atoms. The minimum atomic E-state index is -0.183. The van der Waals surface area contributed by atoms with Crippen LogP contribution in [0.2, 0.25) is 0 Å². The van der Waals surface area contributed by atoms with Crippen molar-refractivity contribution in [1.29, 1.82) is 0 Å². The van der Waals surface area contributed by atoms with Crippen LogP contribution < -0.4 is 10.6 Å². The van der Waals surface area contributed by atoms with Gasteiger partial charge in [-0.2, -0.15) is 0 Å². The fraction of sp³-hybridized carbons (Fsp3) is 0.600. The van der Waals surface area contributed by atoms with Crippen molar-refractivity contribution in [2.75, 3.05) is 24.7 Å². The normalized spacial score (nSPS) is 21.5. The molecule has 0 spiro atoms. The number of nitrogens with zero attached hydrogens (tertiary/aromatic N) is 1. The zero-order chi connectivity index (χ0) is 14.0. The number of anilines is 1. The Morgan fingerprint density at radius 2 is 2.26 bits per heavy atom. The molecule has 1 aliphatic rings. The molecule has 1 aromatic carbocycles. The molecule has 106 valence electrons. The van der Waals surface area contributed by atoms with E-state index in [9.17, 15) is 4.39 Å². The van der Waals surface area contributed by atoms with Crippen molar-refractivity contribution >= 4 is 5.69 Å². The fourth-order valence-electron chi connectivity index (χ4n) is 2.61. The molecule has 1 unspecified atom stereocenters. The van der Waals surface area contributed by atoms with Crippen LogP contribution in [0.1, 0.15) is 37.4 Å². The smallest absolute Gasteiger partial charge is 0.126 e. The summed E-state index contributed by atoms with van der Waals surface area (Å²) in [4.78, 5) is 2.31. The van der Waals surface area contributed by atoms with Gasteiger partial charge in [-0.05, 0) is 43.5 Å². The lowest BCUT2D eigenvalue weighted by Crippen LogP contribution is -2.45. The van der Waals surface area contributed by atoms with Gasteiger partial charge in [0.25, 0.3) is 0 Å². The van der Waals surface area contributed by atoms with Gasteiger partial charge in [0, 0.05) is 18.3 Å². The number of hydrogen-bond acceptors (Lipinski definition) is 3. The summed E-state index contributed by atoms with van der Waals surface area (Å²) >= 11 is 0. The number of benzene rings is 1. The van der Waals surface area contributed by atoms with E-state index in [1.807, 2.05) is 13.0 Å². The van der Waals surface area contributed by atoms with E-state index in [0.717, 1.165) is 30.8 Å². The lowest BCUT2D eigenvalue weighted by molar-refractivity contribution is 0.0928. The summed E-state index contributed by atoms with van der Waals surface area (Å²) in [6.07, 6.45) is 1.01. The van der Waals surface area contributed by atoms with Gasteiger partial charge in [-0.25, -0.2) is 4.39 Å². The van der Waals surface area contributed by atoms with Crippen LogP contribution >= 0.6 is 0 Å². The molecule has 2 N–H and O–H groups in total. The van der Waals surface area contributed by atoms with Gasteiger partial charge in [0.15, 0.2) is 0 Å². The third kappa shape index (κ3) is 2.90. The Balaban J connectivity index is 2.44. The van der Waals surface area contributed by atoms with E-state index in [0.29, 0.717) is 18.2 Å². The van der Waals surface area contributed by atoms with Crippen molar-refractivity contribution in [2.45, 2.75) is 39.3 Å². The highest BCUT2D eigenvalue weighted by molar-refractivity contribution is 5.58. The number of morpholine rings is 1. The van der Waals surface area contributed by atoms with Crippen LogP contribution in [-0.2, 0) is 4.74 Å². The van der Waals surface area contributed by atoms with Crippen molar-refractivity contribution < 1.29 is 9.13 Å². The minimum absolute atomic E-state index is 0.176. The Morgan fingerprint density at radius 1 is 1.53 bits per heavy atom. The quantitative estimate of drug-likeness (QED) is 0.914. The van der Waals surface area contributed by atoms with Crippen molar-refractivity contribution in [2.24, 2.45) is 5.73 Å². The van der Waals surface area contributed by atoms with E-state index in [-0.39, 0.29) is 11.9 Å². The van der Waals surface area contributed by atoms with Gasteiger partial charge in [0.2, 0.25) is 0 Å². The number of rotatable bonds is 3. The number of aryl methyl sites for hydroxylation is 1. The molecule has 1 fully saturated rings. The standard InChI is InChI=1S/C15H23FN2O/c1-4-12-9-19-6-5-18(12)15-7-10(2)14(16)8-13(15)11(3)17/h7-8,11-12H,4-6,9,17H2,1-3H3/t11-,12?/m0/s1. The van der Waals surface area contributed by atoms with E-state index < -0.39 is 0 Å². The van der Waals surface area contributed by atoms with Gasteiger partial charge in [0.05, 0.1) is 19.3 Å². The first-order valence-electron chi connectivity index (χ1n) is 6.94. The molecule has 0 aliphatic carbocycles. The highest BCUT2D eigenvalue weighted by atomic mass is 19.1. The maximum absolute atomic E-state index is 13.8. The van der Waals surface area contributed by atoms with E-state index in [4.69, 9.17) is 10.5 Å². The molecule has 1 heterocycles. The Bertz CT molecular complexity index is 448. The molecule has 2 rings (SSSR count). The van der Waals surface area contributed by atoms with Crippen molar-refractivity contribution in [3.63, 3.8) is 0 Å². The molecule has 4 heteroatoms. The zero-order valence-corrected chi connectivity index (χ0v) is 11.9. The SMILES string of the molecule is CCC1COCCN1c1cc(C)c(F)cc1[C@H](C)N. The van der Waals surface area contributed by atoms with Crippen molar-refractivity contribution in [3.8, 4) is 0 Å². The highest BCUT2D eigenvalue weighted by Gasteiger charge is 2.25. The van der Waals surface area contributed by atoms with Crippen LogP contribution in [0.5, 0.6) is 0 Å². The second kappa shape index (κ2) is 5.88. The third-order valence-corrected chi connectivity index (χ3v) is 3.81. The summed E-state index contributed by atoms with van der Waals surface area (Å²) in [6, 6.07) is 3.67. The van der Waals surface area contributed by atoms with Gasteiger partial charge >= 0.3 is 0 Å². The Hall–Kier alpha value is -1.13. The number of halogens is 1. The lowest BCUT2D eigenvalue weighted by atomic mass is 10.0. The second-order valence-electron chi connectivity index (χ2n) is 5.28. The predicted octanol–water partition coefficient (Wildman–Crippen LogP) is 2.77. The summed E-state index contributed by atoms with van der Waals surface area (Å²) in [5, 5.41) is 0. The summed E-state index contributed by atoms with van der Waals surface area (Å²) in [5.41, 5.74) is 8.61. The number of ether oxygens (including phenoxy) is 1. The van der Waals surface area contributed by atoms with E-state index >= 15 is 0 Å². The fourth-order valence-corrected chi connectivity index (χ4v) is 2.61. The molecular formula is C15H23FN2O. The third-order valence-electron chi connectivity index (χ3n) is 3.81. The molecule has 1 aromatic rings. The van der Waals surface area contributed by atoms with Gasteiger partial charge in [-0.1, -0.05) is 6.92 Å². The molecule has 1 aliphatic heterocycles. The zero-order valence-electron chi connectivity index (χ0n) is 11.9. The Labute approximate surface area is 114 Å². The maximum atomic E-state index is 13.8. The first kappa shape index (κ1) is 14.3. The summed E-state index contributed by atoms with van der Waals surface area (Å²) in [6.45, 7) is 8.12. The first-order valence-corrected chi connectivity index (χ1v) is 6.94.